The Morgan fingerprint density at radius 2 is 2.26 bits per heavy atom. The molecule has 5 heteroatoms. The van der Waals surface area contributed by atoms with Gasteiger partial charge in [-0.2, -0.15) is 0 Å². The monoisotopic (exact) mass is 261 g/mol. The summed E-state index contributed by atoms with van der Waals surface area (Å²) in [6, 6.07) is 5.25. The van der Waals surface area contributed by atoms with Crippen LogP contribution < -0.4 is 9.64 Å². The van der Waals surface area contributed by atoms with Crippen LogP contribution in [-0.2, 0) is 9.59 Å². The summed E-state index contributed by atoms with van der Waals surface area (Å²) in [7, 11) is 1.69. The summed E-state index contributed by atoms with van der Waals surface area (Å²) in [5.41, 5.74) is 1.36. The highest BCUT2D eigenvalue weighted by molar-refractivity contribution is 5.97. The Kier molecular flexibility index (Phi) is 3.55. The number of carbonyl (C=O) groups excluding carboxylic acids is 1. The summed E-state index contributed by atoms with van der Waals surface area (Å²) in [6.07, 6.45) is 2.54. The van der Waals surface area contributed by atoms with Gasteiger partial charge in [0, 0.05) is 13.1 Å². The number of carboxylic acid groups (broad SMARTS) is 1. The highest BCUT2D eigenvalue weighted by atomic mass is 16.5. The zero-order valence-electron chi connectivity index (χ0n) is 10.8. The van der Waals surface area contributed by atoms with Crippen molar-refractivity contribution in [3.05, 3.63) is 29.8 Å². The number of rotatable bonds is 2. The molecule has 1 aromatic rings. The number of hydrogen-bond acceptors (Lipinski definition) is 3. The van der Waals surface area contributed by atoms with Crippen LogP contribution in [0.2, 0.25) is 0 Å². The third-order valence-electron chi connectivity index (χ3n) is 3.00. The quantitative estimate of drug-likeness (QED) is 0.824. The second-order valence-electron chi connectivity index (χ2n) is 4.51. The third-order valence-corrected chi connectivity index (χ3v) is 3.00. The Bertz CT molecular complexity index is 550. The minimum Gasteiger partial charge on any atom is -0.491 e. The Hall–Kier alpha value is -2.30. The minimum atomic E-state index is -1.01. The van der Waals surface area contributed by atoms with E-state index in [1.54, 1.807) is 30.1 Å². The van der Waals surface area contributed by atoms with E-state index in [0.29, 0.717) is 23.6 Å². The molecule has 2 rings (SSSR count). The lowest BCUT2D eigenvalue weighted by Gasteiger charge is -2.18. The first kappa shape index (κ1) is 13.1. The summed E-state index contributed by atoms with van der Waals surface area (Å²) in [5, 5.41) is 8.61. The number of carbonyl (C=O) groups is 2. The van der Waals surface area contributed by atoms with Gasteiger partial charge < -0.3 is 14.7 Å². The van der Waals surface area contributed by atoms with Crippen LogP contribution >= 0.6 is 0 Å². The fraction of sp³-hybridized carbons (Fsp3) is 0.286. The van der Waals surface area contributed by atoms with E-state index < -0.39 is 5.97 Å². The van der Waals surface area contributed by atoms with Crippen molar-refractivity contribution < 1.29 is 19.4 Å². The molecule has 0 aliphatic carbocycles. The van der Waals surface area contributed by atoms with Crippen LogP contribution in [0.4, 0.5) is 5.69 Å². The first-order valence-corrected chi connectivity index (χ1v) is 5.94. The van der Waals surface area contributed by atoms with Crippen molar-refractivity contribution in [2.75, 3.05) is 18.6 Å². The summed E-state index contributed by atoms with van der Waals surface area (Å²) < 4.78 is 5.58. The van der Waals surface area contributed by atoms with Crippen LogP contribution in [0.1, 0.15) is 12.5 Å². The first-order chi connectivity index (χ1) is 8.99. The molecule has 1 unspecified atom stereocenters. The molecule has 1 atom stereocenters. The molecule has 0 radical (unpaired) electrons. The maximum atomic E-state index is 12.0. The lowest BCUT2D eigenvalue weighted by Crippen LogP contribution is -2.31. The van der Waals surface area contributed by atoms with E-state index in [1.165, 1.54) is 6.08 Å². The van der Waals surface area contributed by atoms with Gasteiger partial charge in [-0.25, -0.2) is 4.79 Å². The van der Waals surface area contributed by atoms with Crippen molar-refractivity contribution in [2.24, 2.45) is 5.92 Å². The fourth-order valence-electron chi connectivity index (χ4n) is 1.93. The van der Waals surface area contributed by atoms with Crippen LogP contribution in [0, 0.1) is 5.92 Å². The molecule has 0 aromatic heterocycles. The number of aliphatic carboxylic acids is 1. The molecular formula is C14H15NO4. The zero-order chi connectivity index (χ0) is 14.0. The van der Waals surface area contributed by atoms with Crippen molar-refractivity contribution in [1.82, 2.24) is 0 Å². The number of fused-ring (bicyclic) bond motifs is 1. The van der Waals surface area contributed by atoms with Gasteiger partial charge in [0.15, 0.2) is 0 Å². The van der Waals surface area contributed by atoms with Crippen molar-refractivity contribution in [1.29, 1.82) is 0 Å². The molecule has 19 heavy (non-hydrogen) atoms. The lowest BCUT2D eigenvalue weighted by molar-refractivity contribution is -0.131. The number of hydrogen-bond donors (Lipinski definition) is 1. The van der Waals surface area contributed by atoms with Crippen LogP contribution in [-0.4, -0.2) is 30.6 Å². The molecule has 0 saturated heterocycles. The Morgan fingerprint density at radius 3 is 2.95 bits per heavy atom. The van der Waals surface area contributed by atoms with Crippen LogP contribution in [0.25, 0.3) is 6.08 Å². The van der Waals surface area contributed by atoms with E-state index in [2.05, 4.69) is 0 Å². The van der Waals surface area contributed by atoms with E-state index in [0.717, 1.165) is 6.08 Å². The molecule has 1 N–H and O–H groups in total. The van der Waals surface area contributed by atoms with Gasteiger partial charge in [0.2, 0.25) is 5.91 Å². The van der Waals surface area contributed by atoms with Crippen LogP contribution in [0.3, 0.4) is 0 Å². The SMILES string of the molecule is CC1COc2ccc(/C=C/C(=O)O)cc2N(C)C1=O. The predicted octanol–water partition coefficient (Wildman–Crippen LogP) is 1.78. The zero-order valence-corrected chi connectivity index (χ0v) is 10.8. The molecule has 100 valence electrons. The summed E-state index contributed by atoms with van der Waals surface area (Å²) in [6.45, 7) is 2.16. The second-order valence-corrected chi connectivity index (χ2v) is 4.51. The van der Waals surface area contributed by atoms with Gasteiger partial charge in [-0.15, -0.1) is 0 Å². The molecular weight excluding hydrogens is 246 g/mol. The molecule has 1 aromatic carbocycles. The minimum absolute atomic E-state index is 0.0156. The number of anilines is 1. The summed E-state index contributed by atoms with van der Waals surface area (Å²) in [4.78, 5) is 24.1. The Morgan fingerprint density at radius 1 is 1.53 bits per heavy atom. The normalized spacial score (nSPS) is 18.9. The average molecular weight is 261 g/mol. The van der Waals surface area contributed by atoms with E-state index in [9.17, 15) is 9.59 Å². The van der Waals surface area contributed by atoms with Crippen molar-refractivity contribution in [3.8, 4) is 5.75 Å². The molecule has 1 heterocycles. The van der Waals surface area contributed by atoms with Gasteiger partial charge in [-0.05, 0) is 23.8 Å². The molecule has 1 aliphatic heterocycles. The van der Waals surface area contributed by atoms with Gasteiger partial charge in [-0.3, -0.25) is 4.79 Å². The van der Waals surface area contributed by atoms with Crippen molar-refractivity contribution in [3.63, 3.8) is 0 Å². The highest BCUT2D eigenvalue weighted by Crippen LogP contribution is 2.32. The maximum Gasteiger partial charge on any atom is 0.328 e. The maximum absolute atomic E-state index is 12.0. The number of benzene rings is 1. The Labute approximate surface area is 111 Å². The van der Waals surface area contributed by atoms with E-state index in [1.807, 2.05) is 6.92 Å². The number of nitrogens with zero attached hydrogens (tertiary/aromatic N) is 1. The summed E-state index contributed by atoms with van der Waals surface area (Å²) >= 11 is 0. The van der Waals surface area contributed by atoms with E-state index in [4.69, 9.17) is 9.84 Å². The van der Waals surface area contributed by atoms with Gasteiger partial charge >= 0.3 is 5.97 Å². The van der Waals surface area contributed by atoms with Gasteiger partial charge in [0.1, 0.15) is 5.75 Å². The molecule has 1 aliphatic rings. The van der Waals surface area contributed by atoms with Gasteiger partial charge in [0.25, 0.3) is 0 Å². The van der Waals surface area contributed by atoms with Crippen LogP contribution in [0.15, 0.2) is 24.3 Å². The fourth-order valence-corrected chi connectivity index (χ4v) is 1.93. The van der Waals surface area contributed by atoms with E-state index in [-0.39, 0.29) is 11.8 Å². The molecule has 0 spiro atoms. The predicted molar refractivity (Wildman–Crippen MR) is 71.2 cm³/mol. The average Bonchev–Trinajstić information content (AvgIpc) is 2.49. The smallest absolute Gasteiger partial charge is 0.328 e. The van der Waals surface area contributed by atoms with Gasteiger partial charge in [0.05, 0.1) is 18.2 Å². The third kappa shape index (κ3) is 2.76. The molecule has 0 fully saturated rings. The van der Waals surface area contributed by atoms with Gasteiger partial charge in [-0.1, -0.05) is 13.0 Å². The first-order valence-electron chi connectivity index (χ1n) is 5.94. The van der Waals surface area contributed by atoms with Crippen molar-refractivity contribution in [2.45, 2.75) is 6.92 Å². The van der Waals surface area contributed by atoms with Crippen LogP contribution in [0.5, 0.6) is 5.75 Å². The van der Waals surface area contributed by atoms with E-state index >= 15 is 0 Å². The number of ether oxygens (including phenoxy) is 1. The molecule has 0 bridgehead atoms. The standard InChI is InChI=1S/C14H15NO4/c1-9-8-19-12-5-3-10(4-6-13(16)17)7-11(12)15(2)14(9)18/h3-7,9H,8H2,1-2H3,(H,16,17)/b6-4+. The molecule has 5 nitrogen and oxygen atoms in total. The highest BCUT2D eigenvalue weighted by Gasteiger charge is 2.25. The second kappa shape index (κ2) is 5.14. The molecule has 1 amide bonds. The largest absolute Gasteiger partial charge is 0.491 e. The lowest BCUT2D eigenvalue weighted by atomic mass is 10.1. The van der Waals surface area contributed by atoms with Crippen molar-refractivity contribution >= 4 is 23.6 Å². The Balaban J connectivity index is 2.38. The topological polar surface area (TPSA) is 66.8 Å². The number of amides is 1. The number of carboxylic acids is 1. The summed E-state index contributed by atoms with van der Waals surface area (Å²) in [5.74, 6) is -0.592. The molecule has 0 saturated carbocycles.